The molecule has 3 aromatic carbocycles. The van der Waals surface area contributed by atoms with Gasteiger partial charge in [-0.1, -0.05) is 66.7 Å². The predicted octanol–water partition coefficient (Wildman–Crippen LogP) is 3.85. The van der Waals surface area contributed by atoms with Gasteiger partial charge in [0.2, 0.25) is 5.91 Å². The average Bonchev–Trinajstić information content (AvgIpc) is 3.20. The Hall–Kier alpha value is -4.13. The minimum atomic E-state index is -0.778. The molecule has 3 amide bonds. The third-order valence-electron chi connectivity index (χ3n) is 7.49. The van der Waals surface area contributed by atoms with Crippen LogP contribution in [0.2, 0.25) is 0 Å². The molecular weight excluding hydrogens is 464 g/mol. The largest absolute Gasteiger partial charge is 0.348 e. The SMILES string of the molecule is CC(NC(=O)CN1CN(c2ccccc2)C2(CCN(C(=O)c3ccccc3)CC2)C1=O)c1ccccc1. The van der Waals surface area contributed by atoms with Crippen LogP contribution in [0.15, 0.2) is 91.0 Å². The Morgan fingerprint density at radius 3 is 2.05 bits per heavy atom. The van der Waals surface area contributed by atoms with Crippen molar-refractivity contribution in [2.45, 2.75) is 31.3 Å². The van der Waals surface area contributed by atoms with E-state index in [2.05, 4.69) is 10.2 Å². The number of piperidine rings is 1. The quantitative estimate of drug-likeness (QED) is 0.563. The van der Waals surface area contributed by atoms with Crippen molar-refractivity contribution >= 4 is 23.4 Å². The molecule has 190 valence electrons. The fourth-order valence-corrected chi connectivity index (χ4v) is 5.45. The van der Waals surface area contributed by atoms with Gasteiger partial charge in [0, 0.05) is 24.3 Å². The smallest absolute Gasteiger partial charge is 0.253 e. The number of carbonyl (C=O) groups is 3. The molecule has 0 saturated carbocycles. The van der Waals surface area contributed by atoms with Crippen LogP contribution in [0.1, 0.15) is 41.7 Å². The first-order valence-corrected chi connectivity index (χ1v) is 12.8. The number of anilines is 1. The van der Waals surface area contributed by atoms with Crippen molar-refractivity contribution in [1.29, 1.82) is 0 Å². The third-order valence-corrected chi connectivity index (χ3v) is 7.49. The molecule has 0 aliphatic carbocycles. The molecule has 1 spiro atoms. The molecule has 0 aromatic heterocycles. The van der Waals surface area contributed by atoms with Crippen molar-refractivity contribution in [1.82, 2.24) is 15.1 Å². The highest BCUT2D eigenvalue weighted by Gasteiger charge is 2.54. The van der Waals surface area contributed by atoms with E-state index in [-0.39, 0.29) is 30.3 Å². The number of benzene rings is 3. The number of amides is 3. The molecule has 0 radical (unpaired) electrons. The molecular formula is C30H32N4O3. The Balaban J connectivity index is 1.32. The zero-order chi connectivity index (χ0) is 25.8. The second-order valence-electron chi connectivity index (χ2n) is 9.80. The lowest BCUT2D eigenvalue weighted by atomic mass is 9.85. The van der Waals surface area contributed by atoms with Crippen LogP contribution in [0, 0.1) is 0 Å². The monoisotopic (exact) mass is 496 g/mol. The van der Waals surface area contributed by atoms with E-state index in [0.29, 0.717) is 38.2 Å². The lowest BCUT2D eigenvalue weighted by molar-refractivity contribution is -0.137. The van der Waals surface area contributed by atoms with Crippen LogP contribution in [-0.2, 0) is 9.59 Å². The molecule has 0 bridgehead atoms. The number of hydrogen-bond donors (Lipinski definition) is 1. The summed E-state index contributed by atoms with van der Waals surface area (Å²) in [7, 11) is 0. The van der Waals surface area contributed by atoms with Crippen LogP contribution in [0.3, 0.4) is 0 Å². The fraction of sp³-hybridized carbons (Fsp3) is 0.300. The van der Waals surface area contributed by atoms with Gasteiger partial charge in [-0.2, -0.15) is 0 Å². The van der Waals surface area contributed by atoms with E-state index in [1.165, 1.54) is 0 Å². The Morgan fingerprint density at radius 2 is 1.43 bits per heavy atom. The van der Waals surface area contributed by atoms with Crippen molar-refractivity contribution in [3.05, 3.63) is 102 Å². The molecule has 37 heavy (non-hydrogen) atoms. The number of likely N-dealkylation sites (tertiary alicyclic amines) is 1. The van der Waals surface area contributed by atoms with Crippen LogP contribution in [0.4, 0.5) is 5.69 Å². The highest BCUT2D eigenvalue weighted by Crippen LogP contribution is 2.39. The van der Waals surface area contributed by atoms with E-state index >= 15 is 0 Å². The Labute approximate surface area is 217 Å². The molecule has 2 heterocycles. The highest BCUT2D eigenvalue weighted by atomic mass is 16.2. The predicted molar refractivity (Wildman–Crippen MR) is 143 cm³/mol. The van der Waals surface area contributed by atoms with Crippen molar-refractivity contribution in [3.63, 3.8) is 0 Å². The standard InChI is InChI=1S/C30H32N4O3/c1-23(24-11-5-2-6-12-24)31-27(35)21-33-22-34(26-15-9-4-10-16-26)30(29(33)37)17-19-32(20-18-30)28(36)25-13-7-3-8-14-25/h2-16,23H,17-22H2,1H3,(H,31,35). The van der Waals surface area contributed by atoms with Gasteiger partial charge in [0.15, 0.2) is 0 Å². The van der Waals surface area contributed by atoms with Gasteiger partial charge in [0.1, 0.15) is 12.1 Å². The zero-order valence-corrected chi connectivity index (χ0v) is 21.0. The number of nitrogens with one attached hydrogen (secondary N) is 1. The second kappa shape index (κ2) is 10.5. The molecule has 2 aliphatic rings. The molecule has 1 unspecified atom stereocenters. The van der Waals surface area contributed by atoms with Gasteiger partial charge in [0.25, 0.3) is 11.8 Å². The molecule has 2 aliphatic heterocycles. The number of nitrogens with zero attached hydrogens (tertiary/aromatic N) is 3. The topological polar surface area (TPSA) is 73.0 Å². The molecule has 7 nitrogen and oxygen atoms in total. The van der Waals surface area contributed by atoms with E-state index in [0.717, 1.165) is 11.3 Å². The molecule has 3 aromatic rings. The van der Waals surface area contributed by atoms with Crippen molar-refractivity contribution in [2.24, 2.45) is 0 Å². The van der Waals surface area contributed by atoms with Crippen LogP contribution in [0.25, 0.3) is 0 Å². The first-order valence-electron chi connectivity index (χ1n) is 12.8. The van der Waals surface area contributed by atoms with Crippen molar-refractivity contribution in [3.8, 4) is 0 Å². The van der Waals surface area contributed by atoms with Crippen LogP contribution >= 0.6 is 0 Å². The summed E-state index contributed by atoms with van der Waals surface area (Å²) in [6.07, 6.45) is 1.02. The normalized spacial score (nSPS) is 17.6. The number of carbonyl (C=O) groups excluding carboxylic acids is 3. The van der Waals surface area contributed by atoms with Crippen molar-refractivity contribution in [2.75, 3.05) is 31.2 Å². The Bertz CT molecular complexity index is 1240. The summed E-state index contributed by atoms with van der Waals surface area (Å²) >= 11 is 0. The molecule has 2 fully saturated rings. The third kappa shape index (κ3) is 4.94. The summed E-state index contributed by atoms with van der Waals surface area (Å²) in [5.41, 5.74) is 1.84. The van der Waals surface area contributed by atoms with Crippen LogP contribution < -0.4 is 10.2 Å². The first-order chi connectivity index (χ1) is 18.0. The lowest BCUT2D eigenvalue weighted by Gasteiger charge is -2.43. The maximum Gasteiger partial charge on any atom is 0.253 e. The van der Waals surface area contributed by atoms with Gasteiger partial charge < -0.3 is 20.0 Å². The fourth-order valence-electron chi connectivity index (χ4n) is 5.45. The Morgan fingerprint density at radius 1 is 0.865 bits per heavy atom. The molecule has 7 heteroatoms. The minimum Gasteiger partial charge on any atom is -0.348 e. The lowest BCUT2D eigenvalue weighted by Crippen LogP contribution is -2.57. The second-order valence-corrected chi connectivity index (χ2v) is 9.80. The highest BCUT2D eigenvalue weighted by molar-refractivity contribution is 5.97. The van der Waals surface area contributed by atoms with E-state index in [9.17, 15) is 14.4 Å². The molecule has 2 saturated heterocycles. The summed E-state index contributed by atoms with van der Waals surface area (Å²) in [5.74, 6) is -0.254. The number of hydrogen-bond acceptors (Lipinski definition) is 4. The van der Waals surface area contributed by atoms with Gasteiger partial charge >= 0.3 is 0 Å². The van der Waals surface area contributed by atoms with Gasteiger partial charge in [-0.3, -0.25) is 14.4 Å². The molecule has 1 atom stereocenters. The van der Waals surface area contributed by atoms with E-state index < -0.39 is 5.54 Å². The van der Waals surface area contributed by atoms with Crippen LogP contribution in [-0.4, -0.2) is 59.4 Å². The average molecular weight is 497 g/mol. The van der Waals surface area contributed by atoms with Gasteiger partial charge in [-0.25, -0.2) is 0 Å². The summed E-state index contributed by atoms with van der Waals surface area (Å²) in [5, 5.41) is 3.03. The summed E-state index contributed by atoms with van der Waals surface area (Å²) in [4.78, 5) is 45.5. The van der Waals surface area contributed by atoms with Gasteiger partial charge in [-0.05, 0) is 49.6 Å². The zero-order valence-electron chi connectivity index (χ0n) is 21.0. The van der Waals surface area contributed by atoms with E-state index in [1.807, 2.05) is 103 Å². The molecule has 1 N–H and O–H groups in total. The molecule has 5 rings (SSSR count). The van der Waals surface area contributed by atoms with Gasteiger partial charge in [0.05, 0.1) is 12.7 Å². The Kier molecular flexibility index (Phi) is 6.95. The number of rotatable bonds is 6. The summed E-state index contributed by atoms with van der Waals surface area (Å²) < 4.78 is 0. The summed E-state index contributed by atoms with van der Waals surface area (Å²) in [6.45, 7) is 3.23. The first kappa shape index (κ1) is 24.6. The van der Waals surface area contributed by atoms with Crippen molar-refractivity contribution < 1.29 is 14.4 Å². The maximum absolute atomic E-state index is 13.9. The van der Waals surface area contributed by atoms with E-state index in [4.69, 9.17) is 0 Å². The summed E-state index contributed by atoms with van der Waals surface area (Å²) in [6, 6.07) is 28.7. The van der Waals surface area contributed by atoms with Gasteiger partial charge in [-0.15, -0.1) is 0 Å². The minimum absolute atomic E-state index is 0.00620. The number of para-hydroxylation sites is 1. The maximum atomic E-state index is 13.9. The van der Waals surface area contributed by atoms with E-state index in [1.54, 1.807) is 4.90 Å². The van der Waals surface area contributed by atoms with Crippen LogP contribution in [0.5, 0.6) is 0 Å².